The molecule has 0 spiro atoms. The molecule has 2 rings (SSSR count). The van der Waals surface area contributed by atoms with Gasteiger partial charge in [-0.25, -0.2) is 13.6 Å². The number of hydrogen-bond donors (Lipinski definition) is 1. The van der Waals surface area contributed by atoms with Gasteiger partial charge in [0, 0.05) is 12.0 Å². The van der Waals surface area contributed by atoms with E-state index in [0.717, 1.165) is 6.07 Å². The van der Waals surface area contributed by atoms with E-state index in [-0.39, 0.29) is 17.9 Å². The first-order chi connectivity index (χ1) is 11.2. The van der Waals surface area contributed by atoms with Crippen molar-refractivity contribution in [3.63, 3.8) is 0 Å². The van der Waals surface area contributed by atoms with Crippen LogP contribution in [0.3, 0.4) is 0 Å². The molecule has 2 aromatic rings. The number of halogens is 2. The number of alkyl halides is 1. The molecule has 0 bridgehead atoms. The van der Waals surface area contributed by atoms with Crippen molar-refractivity contribution in [1.82, 2.24) is 0 Å². The first-order valence-corrected chi connectivity index (χ1v) is 7.68. The van der Waals surface area contributed by atoms with E-state index < -0.39 is 23.4 Å². The van der Waals surface area contributed by atoms with Gasteiger partial charge in [-0.05, 0) is 50.1 Å². The second-order valence-corrected chi connectivity index (χ2v) is 6.05. The summed E-state index contributed by atoms with van der Waals surface area (Å²) >= 11 is 0. The fraction of sp³-hybridized carbons (Fsp3) is 0.316. The van der Waals surface area contributed by atoms with Gasteiger partial charge in [0.2, 0.25) is 0 Å². The number of carbonyl (C=O) groups excluding carboxylic acids is 1. The van der Waals surface area contributed by atoms with Crippen LogP contribution in [0.5, 0.6) is 5.75 Å². The fourth-order valence-electron chi connectivity index (χ4n) is 2.72. The Morgan fingerprint density at radius 2 is 1.83 bits per heavy atom. The summed E-state index contributed by atoms with van der Waals surface area (Å²) in [6, 6.07) is 9.89. The van der Waals surface area contributed by atoms with E-state index in [9.17, 15) is 18.7 Å². The summed E-state index contributed by atoms with van der Waals surface area (Å²) in [6.07, 6.45) is 0. The van der Waals surface area contributed by atoms with Gasteiger partial charge in [-0.2, -0.15) is 0 Å². The standard InChI is InChI=1S/C19H20F2O3/c1-4-24-18(23)13-7-5-12(6-8-13)17(19(2,3)21)15-10-9-14(22)11-16(15)20/h5-11,17,22H,4H2,1-3H3. The van der Waals surface area contributed by atoms with Crippen LogP contribution in [0.4, 0.5) is 8.78 Å². The van der Waals surface area contributed by atoms with Crippen molar-refractivity contribution in [2.45, 2.75) is 32.4 Å². The van der Waals surface area contributed by atoms with E-state index in [1.807, 2.05) is 0 Å². The van der Waals surface area contributed by atoms with Crippen molar-refractivity contribution in [1.29, 1.82) is 0 Å². The molecule has 1 N–H and O–H groups in total. The number of carbonyl (C=O) groups is 1. The molecule has 0 amide bonds. The topological polar surface area (TPSA) is 46.5 Å². The molecule has 0 heterocycles. The normalized spacial score (nSPS) is 12.7. The number of rotatable bonds is 5. The van der Waals surface area contributed by atoms with Crippen LogP contribution in [0.15, 0.2) is 42.5 Å². The van der Waals surface area contributed by atoms with E-state index in [2.05, 4.69) is 0 Å². The molecule has 0 aromatic heterocycles. The average Bonchev–Trinajstić information content (AvgIpc) is 2.49. The molecule has 24 heavy (non-hydrogen) atoms. The molecule has 0 aliphatic carbocycles. The largest absolute Gasteiger partial charge is 0.508 e. The number of phenolic OH excluding ortho intramolecular Hbond substituents is 1. The summed E-state index contributed by atoms with van der Waals surface area (Å²) in [4.78, 5) is 11.7. The van der Waals surface area contributed by atoms with Gasteiger partial charge in [-0.15, -0.1) is 0 Å². The van der Waals surface area contributed by atoms with Crippen LogP contribution in [-0.2, 0) is 4.74 Å². The highest BCUT2D eigenvalue weighted by Crippen LogP contribution is 2.39. The first-order valence-electron chi connectivity index (χ1n) is 7.68. The Morgan fingerprint density at radius 3 is 2.33 bits per heavy atom. The van der Waals surface area contributed by atoms with Crippen LogP contribution in [0, 0.1) is 5.82 Å². The molecule has 2 aromatic carbocycles. The Kier molecular flexibility index (Phi) is 5.22. The molecule has 0 fully saturated rings. The van der Waals surface area contributed by atoms with E-state index in [0.29, 0.717) is 11.1 Å². The summed E-state index contributed by atoms with van der Waals surface area (Å²) in [6.45, 7) is 4.70. The lowest BCUT2D eigenvalue weighted by Gasteiger charge is -2.28. The Labute approximate surface area is 139 Å². The number of phenols is 1. The van der Waals surface area contributed by atoms with Crippen LogP contribution in [-0.4, -0.2) is 23.4 Å². The van der Waals surface area contributed by atoms with E-state index in [1.54, 1.807) is 19.1 Å². The second kappa shape index (κ2) is 6.99. The minimum Gasteiger partial charge on any atom is -0.508 e. The lowest BCUT2D eigenvalue weighted by molar-refractivity contribution is 0.0526. The van der Waals surface area contributed by atoms with Crippen LogP contribution >= 0.6 is 0 Å². The number of esters is 1. The maximum atomic E-state index is 14.8. The maximum absolute atomic E-state index is 14.8. The number of aromatic hydroxyl groups is 1. The smallest absolute Gasteiger partial charge is 0.338 e. The molecule has 0 aliphatic rings. The van der Waals surface area contributed by atoms with Gasteiger partial charge in [0.15, 0.2) is 0 Å². The van der Waals surface area contributed by atoms with Gasteiger partial charge in [0.05, 0.1) is 12.2 Å². The van der Waals surface area contributed by atoms with Gasteiger partial charge in [-0.1, -0.05) is 18.2 Å². The summed E-state index contributed by atoms with van der Waals surface area (Å²) in [5.74, 6) is -2.24. The van der Waals surface area contributed by atoms with Gasteiger partial charge in [-0.3, -0.25) is 0 Å². The van der Waals surface area contributed by atoms with Crippen LogP contribution in [0.2, 0.25) is 0 Å². The molecule has 0 saturated heterocycles. The van der Waals surface area contributed by atoms with E-state index >= 15 is 0 Å². The molecular weight excluding hydrogens is 314 g/mol. The van der Waals surface area contributed by atoms with Crippen molar-refractivity contribution in [2.24, 2.45) is 0 Å². The molecule has 128 valence electrons. The molecule has 0 saturated carbocycles. The lowest BCUT2D eigenvalue weighted by atomic mass is 9.80. The highest BCUT2D eigenvalue weighted by Gasteiger charge is 2.34. The Bertz CT molecular complexity index is 718. The monoisotopic (exact) mass is 334 g/mol. The predicted octanol–water partition coefficient (Wildman–Crippen LogP) is 4.59. The third kappa shape index (κ3) is 3.91. The van der Waals surface area contributed by atoms with Crippen LogP contribution < -0.4 is 0 Å². The van der Waals surface area contributed by atoms with Crippen molar-refractivity contribution in [3.8, 4) is 5.75 Å². The zero-order valence-corrected chi connectivity index (χ0v) is 13.8. The van der Waals surface area contributed by atoms with E-state index in [4.69, 9.17) is 4.74 Å². The molecule has 3 nitrogen and oxygen atoms in total. The first kappa shape index (κ1) is 17.9. The quantitative estimate of drug-likeness (QED) is 0.814. The van der Waals surface area contributed by atoms with E-state index in [1.165, 1.54) is 38.1 Å². The molecular formula is C19H20F2O3. The maximum Gasteiger partial charge on any atom is 0.338 e. The van der Waals surface area contributed by atoms with Crippen LogP contribution in [0.1, 0.15) is 48.2 Å². The minimum atomic E-state index is -1.75. The Morgan fingerprint density at radius 1 is 1.21 bits per heavy atom. The third-order valence-electron chi connectivity index (χ3n) is 3.74. The summed E-state index contributed by atoms with van der Waals surface area (Å²) in [5, 5.41) is 9.36. The molecule has 1 atom stereocenters. The Hall–Kier alpha value is -2.43. The molecule has 0 aliphatic heterocycles. The minimum absolute atomic E-state index is 0.143. The number of benzene rings is 2. The van der Waals surface area contributed by atoms with Gasteiger partial charge < -0.3 is 9.84 Å². The van der Waals surface area contributed by atoms with Gasteiger partial charge >= 0.3 is 5.97 Å². The highest BCUT2D eigenvalue weighted by atomic mass is 19.1. The number of ether oxygens (including phenoxy) is 1. The summed E-state index contributed by atoms with van der Waals surface area (Å²) in [7, 11) is 0. The molecule has 1 unspecified atom stereocenters. The highest BCUT2D eigenvalue weighted by molar-refractivity contribution is 5.89. The lowest BCUT2D eigenvalue weighted by Crippen LogP contribution is -2.26. The second-order valence-electron chi connectivity index (χ2n) is 6.05. The van der Waals surface area contributed by atoms with Crippen molar-refractivity contribution in [3.05, 3.63) is 65.0 Å². The van der Waals surface area contributed by atoms with Gasteiger partial charge in [0.1, 0.15) is 17.2 Å². The third-order valence-corrected chi connectivity index (χ3v) is 3.74. The Balaban J connectivity index is 2.44. The zero-order chi connectivity index (χ0) is 17.9. The SMILES string of the molecule is CCOC(=O)c1ccc(C(c2ccc(O)cc2F)C(C)(C)F)cc1. The predicted molar refractivity (Wildman–Crippen MR) is 87.5 cm³/mol. The number of hydrogen-bond acceptors (Lipinski definition) is 3. The molecule has 0 radical (unpaired) electrons. The van der Waals surface area contributed by atoms with Crippen molar-refractivity contribution < 1.29 is 23.4 Å². The average molecular weight is 334 g/mol. The summed E-state index contributed by atoms with van der Waals surface area (Å²) in [5.41, 5.74) is -0.727. The zero-order valence-electron chi connectivity index (χ0n) is 13.8. The van der Waals surface area contributed by atoms with Crippen molar-refractivity contribution >= 4 is 5.97 Å². The van der Waals surface area contributed by atoms with Crippen molar-refractivity contribution in [2.75, 3.05) is 6.61 Å². The van der Waals surface area contributed by atoms with Crippen LogP contribution in [0.25, 0.3) is 0 Å². The fourth-order valence-corrected chi connectivity index (χ4v) is 2.72. The summed E-state index contributed by atoms with van der Waals surface area (Å²) < 4.78 is 33.9. The molecule has 5 heteroatoms. The van der Waals surface area contributed by atoms with Gasteiger partial charge in [0.25, 0.3) is 0 Å².